The van der Waals surface area contributed by atoms with Gasteiger partial charge in [-0.2, -0.15) is 0 Å². The second-order valence-electron chi connectivity index (χ2n) is 4.55. The molecule has 9 heteroatoms. The van der Waals surface area contributed by atoms with E-state index in [1.165, 1.54) is 12.2 Å². The Bertz CT molecular complexity index is 409. The van der Waals surface area contributed by atoms with Crippen molar-refractivity contribution in [3.05, 3.63) is 12.2 Å². The number of rotatable bonds is 13. The minimum atomic E-state index is -0.310. The number of carbonyl (C=O) groups excluding carboxylic acids is 3. The lowest BCUT2D eigenvalue weighted by Gasteiger charge is -2.13. The van der Waals surface area contributed by atoms with E-state index in [1.54, 1.807) is 7.05 Å². The molecular formula is C14H23N3O6. The number of hydrazine groups is 1. The fraction of sp³-hybridized carbons (Fsp3) is 0.643. The number of carbonyl (C=O) groups is 3. The number of ether oxygens (including phenoxy) is 3. The molecule has 0 aliphatic carbocycles. The maximum absolute atomic E-state index is 11.3. The number of nitrogens with one attached hydrogen (secondary N) is 2. The minimum absolute atomic E-state index is 0.132. The van der Waals surface area contributed by atoms with Gasteiger partial charge < -0.3 is 14.2 Å². The molecule has 23 heavy (non-hydrogen) atoms. The van der Waals surface area contributed by atoms with E-state index in [4.69, 9.17) is 14.2 Å². The van der Waals surface area contributed by atoms with Crippen LogP contribution in [0.15, 0.2) is 12.2 Å². The van der Waals surface area contributed by atoms with Crippen LogP contribution in [0, 0.1) is 0 Å². The number of hydrogen-bond acceptors (Lipinski definition) is 7. The molecule has 0 saturated carbocycles. The Morgan fingerprint density at radius 2 is 1.48 bits per heavy atom. The second-order valence-corrected chi connectivity index (χ2v) is 4.55. The van der Waals surface area contributed by atoms with Crippen molar-refractivity contribution in [1.29, 1.82) is 0 Å². The van der Waals surface area contributed by atoms with Crippen LogP contribution in [0.5, 0.6) is 0 Å². The van der Waals surface area contributed by atoms with Crippen LogP contribution in [0.25, 0.3) is 0 Å². The first-order valence-electron chi connectivity index (χ1n) is 7.37. The van der Waals surface area contributed by atoms with Crippen LogP contribution in [0.4, 0.5) is 0 Å². The molecule has 130 valence electrons. The van der Waals surface area contributed by atoms with E-state index in [0.29, 0.717) is 33.0 Å². The molecule has 0 atom stereocenters. The fourth-order valence-electron chi connectivity index (χ4n) is 1.72. The highest BCUT2D eigenvalue weighted by Crippen LogP contribution is 2.02. The molecule has 0 saturated heterocycles. The summed E-state index contributed by atoms with van der Waals surface area (Å²) in [4.78, 5) is 34.7. The van der Waals surface area contributed by atoms with Gasteiger partial charge in [0.1, 0.15) is 0 Å². The van der Waals surface area contributed by atoms with Crippen molar-refractivity contribution in [2.24, 2.45) is 0 Å². The van der Waals surface area contributed by atoms with E-state index in [1.807, 2.05) is 0 Å². The Hall–Kier alpha value is -1.81. The van der Waals surface area contributed by atoms with Gasteiger partial charge in [0.25, 0.3) is 11.8 Å². The van der Waals surface area contributed by atoms with Crippen molar-refractivity contribution >= 4 is 17.7 Å². The molecule has 1 rings (SSSR count). The Kier molecular flexibility index (Phi) is 9.80. The van der Waals surface area contributed by atoms with Crippen molar-refractivity contribution in [3.63, 3.8) is 0 Å². The van der Waals surface area contributed by atoms with Gasteiger partial charge in [-0.1, -0.05) is 0 Å². The summed E-state index contributed by atoms with van der Waals surface area (Å²) in [5, 5.41) is 0. The zero-order valence-electron chi connectivity index (χ0n) is 13.2. The van der Waals surface area contributed by atoms with Crippen molar-refractivity contribution in [2.45, 2.75) is 6.42 Å². The van der Waals surface area contributed by atoms with E-state index in [2.05, 4.69) is 10.9 Å². The van der Waals surface area contributed by atoms with Crippen LogP contribution in [0.1, 0.15) is 6.42 Å². The van der Waals surface area contributed by atoms with Crippen LogP contribution < -0.4 is 10.9 Å². The largest absolute Gasteiger partial charge is 0.379 e. The van der Waals surface area contributed by atoms with E-state index in [9.17, 15) is 14.4 Å². The monoisotopic (exact) mass is 329 g/mol. The molecule has 0 aromatic rings. The maximum atomic E-state index is 11.3. The van der Waals surface area contributed by atoms with Crippen LogP contribution in [0.3, 0.4) is 0 Å². The SMILES string of the molecule is CNNC(=O)CCOCCOCCOCCN1C(=O)C=CC1=O. The minimum Gasteiger partial charge on any atom is -0.379 e. The quantitative estimate of drug-likeness (QED) is 0.243. The third-order valence-corrected chi connectivity index (χ3v) is 2.84. The zero-order valence-corrected chi connectivity index (χ0v) is 13.2. The highest BCUT2D eigenvalue weighted by atomic mass is 16.5. The van der Waals surface area contributed by atoms with Crippen LogP contribution in [0.2, 0.25) is 0 Å². The summed E-state index contributed by atoms with van der Waals surface area (Å²) in [7, 11) is 1.62. The number of imide groups is 1. The van der Waals surface area contributed by atoms with Gasteiger partial charge >= 0.3 is 0 Å². The molecule has 1 heterocycles. The van der Waals surface area contributed by atoms with Gasteiger partial charge in [0.05, 0.1) is 52.6 Å². The highest BCUT2D eigenvalue weighted by Gasteiger charge is 2.22. The van der Waals surface area contributed by atoms with Gasteiger partial charge in [-0.05, 0) is 0 Å². The predicted molar refractivity (Wildman–Crippen MR) is 80.1 cm³/mol. The molecular weight excluding hydrogens is 306 g/mol. The maximum Gasteiger partial charge on any atom is 0.253 e. The van der Waals surface area contributed by atoms with Gasteiger partial charge in [-0.3, -0.25) is 24.7 Å². The summed E-state index contributed by atoms with van der Waals surface area (Å²) in [6.07, 6.45) is 2.77. The number of amides is 3. The third-order valence-electron chi connectivity index (χ3n) is 2.84. The van der Waals surface area contributed by atoms with E-state index in [-0.39, 0.29) is 37.3 Å². The average molecular weight is 329 g/mol. The molecule has 0 aromatic heterocycles. The third kappa shape index (κ3) is 8.41. The van der Waals surface area contributed by atoms with Gasteiger partial charge in [0.2, 0.25) is 5.91 Å². The predicted octanol–water partition coefficient (Wildman–Crippen LogP) is -1.40. The average Bonchev–Trinajstić information content (AvgIpc) is 2.84. The first-order chi connectivity index (χ1) is 11.1. The zero-order chi connectivity index (χ0) is 16.9. The summed E-state index contributed by atoms with van der Waals surface area (Å²) >= 11 is 0. The van der Waals surface area contributed by atoms with Gasteiger partial charge in [-0.25, -0.2) is 5.43 Å². The number of hydrogen-bond donors (Lipinski definition) is 2. The number of nitrogens with zero attached hydrogens (tertiary/aromatic N) is 1. The summed E-state index contributed by atoms with van der Waals surface area (Å²) in [5.74, 6) is -0.752. The first kappa shape index (κ1) is 19.2. The van der Waals surface area contributed by atoms with E-state index < -0.39 is 0 Å². The Labute approximate surface area is 134 Å². The molecule has 0 fully saturated rings. The summed E-state index contributed by atoms with van der Waals surface area (Å²) < 4.78 is 15.8. The van der Waals surface area contributed by atoms with E-state index in [0.717, 1.165) is 4.90 Å². The van der Waals surface area contributed by atoms with Crippen molar-refractivity contribution in [3.8, 4) is 0 Å². The van der Waals surface area contributed by atoms with Crippen molar-refractivity contribution < 1.29 is 28.6 Å². The standard InChI is InChI=1S/C14H23N3O6/c1-15-16-12(18)4-6-21-8-10-23-11-9-22-7-5-17-13(19)2-3-14(17)20/h2-3,15H,4-11H2,1H3,(H,16,18). The molecule has 2 N–H and O–H groups in total. The van der Waals surface area contributed by atoms with E-state index >= 15 is 0 Å². The van der Waals surface area contributed by atoms with Gasteiger partial charge in [-0.15, -0.1) is 0 Å². The molecule has 3 amide bonds. The summed E-state index contributed by atoms with van der Waals surface area (Å²) in [5.41, 5.74) is 4.97. The highest BCUT2D eigenvalue weighted by molar-refractivity contribution is 6.12. The van der Waals surface area contributed by atoms with Crippen molar-refractivity contribution in [2.75, 3.05) is 53.2 Å². The molecule has 0 radical (unpaired) electrons. The van der Waals surface area contributed by atoms with Crippen LogP contribution >= 0.6 is 0 Å². The molecule has 0 bridgehead atoms. The normalized spacial score (nSPS) is 13.9. The Morgan fingerprint density at radius 3 is 2.04 bits per heavy atom. The van der Waals surface area contributed by atoms with Crippen molar-refractivity contribution in [1.82, 2.24) is 15.8 Å². The molecule has 1 aliphatic heterocycles. The van der Waals surface area contributed by atoms with Crippen LogP contribution in [-0.2, 0) is 28.6 Å². The smallest absolute Gasteiger partial charge is 0.253 e. The fourth-order valence-corrected chi connectivity index (χ4v) is 1.72. The second kappa shape index (κ2) is 11.7. The lowest BCUT2D eigenvalue weighted by Crippen LogP contribution is -2.34. The molecule has 1 aliphatic rings. The molecule has 0 aromatic carbocycles. The van der Waals surface area contributed by atoms with Gasteiger partial charge in [0.15, 0.2) is 0 Å². The van der Waals surface area contributed by atoms with Gasteiger partial charge in [0, 0.05) is 19.2 Å². The lowest BCUT2D eigenvalue weighted by atomic mass is 10.4. The summed E-state index contributed by atoms with van der Waals surface area (Å²) in [6, 6.07) is 0. The van der Waals surface area contributed by atoms with Crippen LogP contribution in [-0.4, -0.2) is 75.9 Å². The topological polar surface area (TPSA) is 106 Å². The Morgan fingerprint density at radius 1 is 0.957 bits per heavy atom. The molecule has 9 nitrogen and oxygen atoms in total. The first-order valence-corrected chi connectivity index (χ1v) is 7.37. The Balaban J connectivity index is 1.82. The molecule has 0 unspecified atom stereocenters. The molecule has 0 spiro atoms. The summed E-state index contributed by atoms with van der Waals surface area (Å²) in [6.45, 7) is 2.42. The lowest BCUT2D eigenvalue weighted by molar-refractivity contribution is -0.137.